The molecule has 0 aromatic carbocycles. The van der Waals surface area contributed by atoms with Crippen LogP contribution in [0.4, 0.5) is 0 Å². The van der Waals surface area contributed by atoms with Crippen molar-refractivity contribution >= 4 is 23.9 Å². The molecule has 2 heterocycles. The monoisotopic (exact) mass is 464 g/mol. The molecule has 0 radical (unpaired) electrons. The third kappa shape index (κ3) is 4.72. The lowest BCUT2D eigenvalue weighted by molar-refractivity contribution is -0.173. The summed E-state index contributed by atoms with van der Waals surface area (Å²) >= 11 is 0. The second-order valence-corrected chi connectivity index (χ2v) is 8.50. The fraction of sp³-hybridized carbons (Fsp3) is 0.565. The summed E-state index contributed by atoms with van der Waals surface area (Å²) in [6.07, 6.45) is -2.39. The van der Waals surface area contributed by atoms with Crippen LogP contribution in [0.3, 0.4) is 0 Å². The minimum absolute atomic E-state index is 0.0324. The minimum atomic E-state index is -1.46. The van der Waals surface area contributed by atoms with E-state index in [2.05, 4.69) is 6.58 Å². The molecule has 1 aliphatic carbocycles. The lowest BCUT2D eigenvalue weighted by Gasteiger charge is -2.34. The molecule has 2 saturated heterocycles. The van der Waals surface area contributed by atoms with Crippen LogP contribution in [-0.2, 0) is 42.9 Å². The normalized spacial score (nSPS) is 39.1. The second-order valence-electron chi connectivity index (χ2n) is 8.50. The Kier molecular flexibility index (Phi) is 6.80. The van der Waals surface area contributed by atoms with Crippen molar-refractivity contribution in [2.75, 3.05) is 7.11 Å². The van der Waals surface area contributed by atoms with Crippen molar-refractivity contribution in [1.82, 2.24) is 0 Å². The standard InChI is InChI=1S/C23H28O10/c1-10-9-16-17(11(2)20(26)31-16)19(32-22(28)23(5)12(3)33-23)18(30-13(4)24)14(21(27)29-6)7-8-15(10)25/h7,9,12,15-19,25H,2,8H2,1,3-6H3/b10-9+,14-7+/t12-,15-,16-,17+,18?,19+,23-/m1/s1. The first kappa shape index (κ1) is 24.7. The summed E-state index contributed by atoms with van der Waals surface area (Å²) in [5, 5.41) is 10.5. The molecule has 0 saturated carbocycles. The Morgan fingerprint density at radius 1 is 1.27 bits per heavy atom. The van der Waals surface area contributed by atoms with Gasteiger partial charge in [-0.25, -0.2) is 14.4 Å². The van der Waals surface area contributed by atoms with Gasteiger partial charge < -0.3 is 28.8 Å². The number of epoxide rings is 1. The van der Waals surface area contributed by atoms with Crippen LogP contribution in [0.5, 0.6) is 0 Å². The first-order valence-electron chi connectivity index (χ1n) is 10.5. The SMILES string of the molecule is C=C1C(=O)O[C@@H]2/C=C(\C)[C@H](O)C/C=C(/C(=O)OC)C(OC(C)=O)[C@@H](OC(=O)[C@]3(C)O[C@@H]3C)[C@@H]12. The van der Waals surface area contributed by atoms with E-state index >= 15 is 0 Å². The van der Waals surface area contributed by atoms with Crippen LogP contribution in [0, 0.1) is 5.92 Å². The quantitative estimate of drug-likeness (QED) is 0.210. The number of esters is 4. The molecule has 0 aromatic heterocycles. The number of rotatable bonds is 4. The van der Waals surface area contributed by atoms with Crippen molar-refractivity contribution in [1.29, 1.82) is 0 Å². The van der Waals surface area contributed by atoms with Gasteiger partial charge >= 0.3 is 23.9 Å². The van der Waals surface area contributed by atoms with Crippen molar-refractivity contribution in [2.24, 2.45) is 5.92 Å². The second kappa shape index (κ2) is 9.11. The summed E-state index contributed by atoms with van der Waals surface area (Å²) in [7, 11) is 1.14. The molecule has 7 atom stereocenters. The number of carbonyl (C=O) groups excluding carboxylic acids is 4. The maximum absolute atomic E-state index is 13.0. The maximum atomic E-state index is 13.0. The molecular formula is C23H28O10. The third-order valence-corrected chi connectivity index (χ3v) is 6.24. The topological polar surface area (TPSA) is 138 Å². The predicted molar refractivity (Wildman–Crippen MR) is 111 cm³/mol. The van der Waals surface area contributed by atoms with E-state index in [0.717, 1.165) is 14.0 Å². The number of fused-ring (bicyclic) bond motifs is 1. The predicted octanol–water partition coefficient (Wildman–Crippen LogP) is 0.915. The summed E-state index contributed by atoms with van der Waals surface area (Å²) in [6.45, 7) is 9.77. The molecule has 2 aliphatic heterocycles. The number of aliphatic hydroxyl groups is 1. The fourth-order valence-corrected chi connectivity index (χ4v) is 3.96. The average molecular weight is 464 g/mol. The maximum Gasteiger partial charge on any atom is 0.341 e. The summed E-state index contributed by atoms with van der Waals surface area (Å²) in [6, 6.07) is 0. The van der Waals surface area contributed by atoms with Crippen LogP contribution in [0.15, 0.2) is 35.5 Å². The molecule has 1 N–H and O–H groups in total. The number of methoxy groups -OCH3 is 1. The Bertz CT molecular complexity index is 947. The molecule has 1 unspecified atom stereocenters. The van der Waals surface area contributed by atoms with E-state index in [1.54, 1.807) is 20.8 Å². The van der Waals surface area contributed by atoms with Gasteiger partial charge in [0.15, 0.2) is 17.8 Å². The van der Waals surface area contributed by atoms with E-state index in [0.29, 0.717) is 5.57 Å². The molecular weight excluding hydrogens is 436 g/mol. The molecule has 0 spiro atoms. The van der Waals surface area contributed by atoms with E-state index in [-0.39, 0.29) is 17.6 Å². The number of aliphatic hydroxyl groups excluding tert-OH is 1. The fourth-order valence-electron chi connectivity index (χ4n) is 3.96. The highest BCUT2D eigenvalue weighted by Crippen LogP contribution is 2.41. The van der Waals surface area contributed by atoms with E-state index in [9.17, 15) is 24.3 Å². The smallest absolute Gasteiger partial charge is 0.341 e. The molecule has 10 heteroatoms. The van der Waals surface area contributed by atoms with Gasteiger partial charge in [-0.3, -0.25) is 4.79 Å². The summed E-state index contributed by atoms with van der Waals surface area (Å²) in [5.74, 6) is -4.14. The van der Waals surface area contributed by atoms with Crippen LogP contribution >= 0.6 is 0 Å². The minimum Gasteiger partial charge on any atom is -0.466 e. The van der Waals surface area contributed by atoms with Crippen LogP contribution in [-0.4, -0.2) is 72.2 Å². The highest BCUT2D eigenvalue weighted by Gasteiger charge is 2.59. The van der Waals surface area contributed by atoms with Gasteiger partial charge in [0.1, 0.15) is 6.10 Å². The zero-order valence-corrected chi connectivity index (χ0v) is 19.2. The molecule has 180 valence electrons. The van der Waals surface area contributed by atoms with Gasteiger partial charge in [-0.2, -0.15) is 0 Å². The number of ether oxygens (including phenoxy) is 5. The van der Waals surface area contributed by atoms with Gasteiger partial charge in [-0.05, 0) is 38.8 Å². The van der Waals surface area contributed by atoms with Crippen LogP contribution < -0.4 is 0 Å². The zero-order chi connectivity index (χ0) is 24.7. The first-order valence-corrected chi connectivity index (χ1v) is 10.5. The molecule has 0 amide bonds. The zero-order valence-electron chi connectivity index (χ0n) is 19.2. The molecule has 2 fully saturated rings. The number of hydrogen-bond acceptors (Lipinski definition) is 10. The Balaban J connectivity index is 2.17. The Hall–Kier alpha value is -2.98. The van der Waals surface area contributed by atoms with Crippen molar-refractivity contribution in [2.45, 2.75) is 70.2 Å². The van der Waals surface area contributed by atoms with Crippen LogP contribution in [0.2, 0.25) is 0 Å². The van der Waals surface area contributed by atoms with E-state index < -0.39 is 65.9 Å². The Labute approximate surface area is 191 Å². The van der Waals surface area contributed by atoms with E-state index in [1.165, 1.54) is 12.2 Å². The van der Waals surface area contributed by atoms with Gasteiger partial charge in [0.2, 0.25) is 0 Å². The van der Waals surface area contributed by atoms with Crippen molar-refractivity contribution in [3.05, 3.63) is 35.5 Å². The Morgan fingerprint density at radius 3 is 2.45 bits per heavy atom. The van der Waals surface area contributed by atoms with Crippen molar-refractivity contribution in [3.8, 4) is 0 Å². The van der Waals surface area contributed by atoms with E-state index in [1.807, 2.05) is 0 Å². The largest absolute Gasteiger partial charge is 0.466 e. The molecule has 33 heavy (non-hydrogen) atoms. The Morgan fingerprint density at radius 2 is 1.91 bits per heavy atom. The summed E-state index contributed by atoms with van der Waals surface area (Å²) in [4.78, 5) is 50.1. The van der Waals surface area contributed by atoms with Gasteiger partial charge in [0.05, 0.1) is 30.8 Å². The summed E-state index contributed by atoms with van der Waals surface area (Å²) < 4.78 is 26.9. The highest BCUT2D eigenvalue weighted by atomic mass is 16.7. The number of hydrogen-bond donors (Lipinski definition) is 1. The molecule has 0 bridgehead atoms. The molecule has 3 rings (SSSR count). The van der Waals surface area contributed by atoms with Crippen molar-refractivity contribution < 1.29 is 48.0 Å². The summed E-state index contributed by atoms with van der Waals surface area (Å²) in [5.41, 5.74) is -0.948. The first-order chi connectivity index (χ1) is 15.4. The molecule has 3 aliphatic rings. The van der Waals surface area contributed by atoms with Crippen molar-refractivity contribution in [3.63, 3.8) is 0 Å². The molecule has 0 aromatic rings. The third-order valence-electron chi connectivity index (χ3n) is 6.24. The van der Waals surface area contributed by atoms with Crippen LogP contribution in [0.1, 0.15) is 34.1 Å². The lowest BCUT2D eigenvalue weighted by Crippen LogP contribution is -2.48. The van der Waals surface area contributed by atoms with Gasteiger partial charge in [0.25, 0.3) is 0 Å². The van der Waals surface area contributed by atoms with Gasteiger partial charge in [-0.1, -0.05) is 12.7 Å². The van der Waals surface area contributed by atoms with Crippen LogP contribution in [0.25, 0.3) is 0 Å². The van der Waals surface area contributed by atoms with Gasteiger partial charge in [-0.15, -0.1) is 0 Å². The van der Waals surface area contributed by atoms with Gasteiger partial charge in [0, 0.05) is 12.5 Å². The van der Waals surface area contributed by atoms with E-state index in [4.69, 9.17) is 23.7 Å². The number of carbonyl (C=O) groups is 4. The molecule has 10 nitrogen and oxygen atoms in total. The average Bonchev–Trinajstić information content (AvgIpc) is 3.28. The highest BCUT2D eigenvalue weighted by molar-refractivity contribution is 5.93. The lowest BCUT2D eigenvalue weighted by atomic mass is 9.83.